The molecule has 8 aliphatic rings. The topological polar surface area (TPSA) is 62.9 Å². The monoisotopic (exact) mass is 640 g/mol. The maximum absolute atomic E-state index is 9.82. The smallest absolute Gasteiger partial charge is 0.0988 e. The molecule has 7 aliphatic carbocycles. The Bertz CT molecular complexity index is 1960. The molecule has 8 rings (SSSR count). The summed E-state index contributed by atoms with van der Waals surface area (Å²) >= 11 is 0. The highest BCUT2D eigenvalue weighted by molar-refractivity contribution is 5.62. The Morgan fingerprint density at radius 2 is 1.69 bits per heavy atom. The quantitative estimate of drug-likeness (QED) is 0.314. The molecule has 1 N–H and O–H groups in total. The van der Waals surface area contributed by atoms with Gasteiger partial charge in [-0.2, -0.15) is 10.5 Å². The van der Waals surface area contributed by atoms with Crippen molar-refractivity contribution in [1.82, 2.24) is 10.2 Å². The van der Waals surface area contributed by atoms with Crippen molar-refractivity contribution in [3.05, 3.63) is 166 Å². The van der Waals surface area contributed by atoms with Gasteiger partial charge in [-0.25, -0.2) is 0 Å². The molecule has 0 aromatic carbocycles. The number of nitrogens with one attached hydrogen (secondary N) is 1. The van der Waals surface area contributed by atoms with Crippen LogP contribution in [0.5, 0.6) is 0 Å². The van der Waals surface area contributed by atoms with E-state index in [-0.39, 0.29) is 35.4 Å². The summed E-state index contributed by atoms with van der Waals surface area (Å²) in [5.41, 5.74) is 11.3. The number of allylic oxidation sites excluding steroid dienone is 19. The molecule has 0 saturated heterocycles. The summed E-state index contributed by atoms with van der Waals surface area (Å²) in [5, 5.41) is 22.9. The molecule has 1 aliphatic heterocycles. The normalized spacial score (nSPS) is 32.9. The zero-order valence-electron chi connectivity index (χ0n) is 28.4. The molecule has 1 heterocycles. The lowest BCUT2D eigenvalue weighted by molar-refractivity contribution is 0.213. The number of hydrogen-bond acceptors (Lipinski definition) is 4. The molecule has 4 heteroatoms. The zero-order valence-corrected chi connectivity index (χ0v) is 28.4. The Hall–Kier alpha value is -4.90. The van der Waals surface area contributed by atoms with Crippen molar-refractivity contribution in [3.8, 4) is 12.1 Å². The third-order valence-corrected chi connectivity index (χ3v) is 11.7. The van der Waals surface area contributed by atoms with Crippen LogP contribution in [0.25, 0.3) is 0 Å². The molecule has 6 atom stereocenters. The summed E-state index contributed by atoms with van der Waals surface area (Å²) in [7, 11) is 0. The summed E-state index contributed by atoms with van der Waals surface area (Å²) in [5.74, 6) is 0.687. The molecule has 0 radical (unpaired) electrons. The zero-order chi connectivity index (χ0) is 33.4. The first-order valence-electron chi connectivity index (χ1n) is 18.2. The van der Waals surface area contributed by atoms with Gasteiger partial charge in [-0.15, -0.1) is 0 Å². The van der Waals surface area contributed by atoms with Crippen LogP contribution in [-0.4, -0.2) is 22.5 Å². The van der Waals surface area contributed by atoms with E-state index in [0.29, 0.717) is 0 Å². The Morgan fingerprint density at radius 1 is 0.816 bits per heavy atom. The predicted molar refractivity (Wildman–Crippen MR) is 198 cm³/mol. The van der Waals surface area contributed by atoms with Gasteiger partial charge >= 0.3 is 0 Å². The lowest BCUT2D eigenvalue weighted by Crippen LogP contribution is -2.49. The van der Waals surface area contributed by atoms with Gasteiger partial charge in [0.2, 0.25) is 0 Å². The van der Waals surface area contributed by atoms with Crippen LogP contribution in [0, 0.1) is 40.4 Å². The Labute approximate surface area is 291 Å². The molecule has 244 valence electrons. The second-order valence-electron chi connectivity index (χ2n) is 14.5. The van der Waals surface area contributed by atoms with Crippen LogP contribution in [0.15, 0.2) is 166 Å². The second-order valence-corrected chi connectivity index (χ2v) is 14.5. The van der Waals surface area contributed by atoms with E-state index in [1.54, 1.807) is 0 Å². The van der Waals surface area contributed by atoms with Gasteiger partial charge < -0.3 is 10.2 Å². The van der Waals surface area contributed by atoms with Crippen molar-refractivity contribution >= 4 is 0 Å². The van der Waals surface area contributed by atoms with Crippen LogP contribution in [0.4, 0.5) is 0 Å². The van der Waals surface area contributed by atoms with Crippen molar-refractivity contribution in [2.75, 3.05) is 0 Å². The average molecular weight is 641 g/mol. The molecule has 6 unspecified atom stereocenters. The van der Waals surface area contributed by atoms with Crippen LogP contribution < -0.4 is 5.32 Å². The molecule has 0 fully saturated rings. The standard InChI is InChI=1S/C45H44N4/c1-45-41(17-9-18-42(45)39-16-5-6-19-44(39)49(45)38-14-3-2-4-15-38)36-13-8-11-34(28-36)33-10-7-12-35(27-33)40-26-32(30-47)22-25-43(40)48-37-23-20-31(29-46)21-24-37/h2-3,6-7,9-10,13-14,17-23,25-28,35,37,40-41,43,48H,4-5,8,11-12,15-16,24H2,1H3. The van der Waals surface area contributed by atoms with Gasteiger partial charge in [0.05, 0.1) is 17.7 Å². The van der Waals surface area contributed by atoms with Crippen LogP contribution >= 0.6 is 0 Å². The average Bonchev–Trinajstić information content (AvgIpc) is 3.44. The summed E-state index contributed by atoms with van der Waals surface area (Å²) < 4.78 is 0. The molecule has 0 saturated carbocycles. The SMILES string of the molecule is CC12C(=CC=CC1C1=CCCC(C3=CC(C4C=C(C#N)C=CC4NC4C=CC(C#N)=CC4)CC=C3)=C1)C1=C(C=CCC1)N2C1=CC=CCC1. The maximum Gasteiger partial charge on any atom is 0.0988 e. The number of rotatable bonds is 6. The van der Waals surface area contributed by atoms with E-state index in [1.165, 1.54) is 39.3 Å². The molecular formula is C45H44N4. The minimum Gasteiger partial charge on any atom is -0.334 e. The molecular weight excluding hydrogens is 597 g/mol. The number of nitrogens with zero attached hydrogens (tertiary/aromatic N) is 3. The predicted octanol–water partition coefficient (Wildman–Crippen LogP) is 9.53. The fourth-order valence-corrected chi connectivity index (χ4v) is 9.27. The summed E-state index contributed by atoms with van der Waals surface area (Å²) in [6.07, 6.45) is 51.4. The number of nitriles is 2. The molecule has 4 nitrogen and oxygen atoms in total. The Kier molecular flexibility index (Phi) is 8.45. The maximum atomic E-state index is 9.82. The van der Waals surface area contributed by atoms with Crippen LogP contribution in [-0.2, 0) is 0 Å². The second kappa shape index (κ2) is 13.2. The van der Waals surface area contributed by atoms with Crippen molar-refractivity contribution in [1.29, 1.82) is 10.5 Å². The molecule has 0 aromatic heterocycles. The number of fused-ring (bicyclic) bond motifs is 2. The van der Waals surface area contributed by atoms with Gasteiger partial charge in [0.15, 0.2) is 0 Å². The van der Waals surface area contributed by atoms with E-state index in [0.717, 1.165) is 62.5 Å². The van der Waals surface area contributed by atoms with E-state index in [4.69, 9.17) is 0 Å². The van der Waals surface area contributed by atoms with Gasteiger partial charge in [-0.05, 0) is 116 Å². The first kappa shape index (κ1) is 31.4. The van der Waals surface area contributed by atoms with Gasteiger partial charge in [-0.3, -0.25) is 0 Å². The molecule has 0 aromatic rings. The van der Waals surface area contributed by atoms with Crippen molar-refractivity contribution in [2.24, 2.45) is 17.8 Å². The lowest BCUT2D eigenvalue weighted by atomic mass is 9.69. The van der Waals surface area contributed by atoms with E-state index >= 15 is 0 Å². The van der Waals surface area contributed by atoms with E-state index < -0.39 is 0 Å². The third-order valence-electron chi connectivity index (χ3n) is 11.7. The number of hydrogen-bond donors (Lipinski definition) is 1. The molecule has 0 amide bonds. The third kappa shape index (κ3) is 5.69. The summed E-state index contributed by atoms with van der Waals surface area (Å²) in [6, 6.07) is 4.91. The fraction of sp³-hybridized carbons (Fsp3) is 0.333. The Balaban J connectivity index is 1.08. The van der Waals surface area contributed by atoms with Gasteiger partial charge in [-0.1, -0.05) is 91.1 Å². The van der Waals surface area contributed by atoms with Crippen molar-refractivity contribution in [2.45, 2.75) is 75.9 Å². The molecule has 0 bridgehead atoms. The van der Waals surface area contributed by atoms with Crippen molar-refractivity contribution < 1.29 is 0 Å². The summed E-state index contributed by atoms with van der Waals surface area (Å²) in [6.45, 7) is 2.48. The van der Waals surface area contributed by atoms with Gasteiger partial charge in [0, 0.05) is 46.5 Å². The molecule has 0 spiro atoms. The highest BCUT2D eigenvalue weighted by Crippen LogP contribution is 2.55. The fourth-order valence-electron chi connectivity index (χ4n) is 9.27. The molecule has 49 heavy (non-hydrogen) atoms. The van der Waals surface area contributed by atoms with Crippen LogP contribution in [0.2, 0.25) is 0 Å². The lowest BCUT2D eigenvalue weighted by Gasteiger charge is -2.47. The Morgan fingerprint density at radius 3 is 2.51 bits per heavy atom. The minimum absolute atomic E-state index is 0.107. The van der Waals surface area contributed by atoms with Gasteiger partial charge in [0.1, 0.15) is 0 Å². The van der Waals surface area contributed by atoms with E-state index in [2.05, 4.69) is 126 Å². The van der Waals surface area contributed by atoms with E-state index in [9.17, 15) is 10.5 Å². The van der Waals surface area contributed by atoms with Crippen molar-refractivity contribution in [3.63, 3.8) is 0 Å². The van der Waals surface area contributed by atoms with E-state index in [1.807, 2.05) is 18.2 Å². The highest BCUT2D eigenvalue weighted by atomic mass is 15.2. The first-order valence-corrected chi connectivity index (χ1v) is 18.2. The van der Waals surface area contributed by atoms with Crippen LogP contribution in [0.1, 0.15) is 58.3 Å². The minimum atomic E-state index is -0.169. The largest absolute Gasteiger partial charge is 0.334 e. The highest BCUT2D eigenvalue weighted by Gasteiger charge is 2.52. The van der Waals surface area contributed by atoms with Crippen LogP contribution in [0.3, 0.4) is 0 Å². The summed E-state index contributed by atoms with van der Waals surface area (Å²) in [4.78, 5) is 2.70. The first-order chi connectivity index (χ1) is 24.1. The van der Waals surface area contributed by atoms with Gasteiger partial charge in [0.25, 0.3) is 0 Å².